The molecule has 3 rings (SSSR count). The van der Waals surface area contributed by atoms with Gasteiger partial charge in [-0.3, -0.25) is 24.1 Å². The first kappa shape index (κ1) is 43.1. The van der Waals surface area contributed by atoms with Gasteiger partial charge in [-0.15, -0.1) is 11.3 Å². The van der Waals surface area contributed by atoms with E-state index < -0.39 is 18.1 Å². The standard InChI is InChI=1S/C40H63N5O6S/c1-9-19-45(40(50)36(28(6)10-2)43-38(49)33-18-14-15-20-44(33)8)34(26(3)4)23-35(51-29(7)47)39-42-32(25-52-39)37(48)41-31(21-27(5)24-46)22-30-16-12-11-13-17-30/h11-13,16-17,25-28,31,33-36,46H,9-10,14-15,18-24H2,1-8H3,(H,41,48)(H,43,49)/t27-,28-,31?,33?,34?,35?,36-/m0/s1. The van der Waals surface area contributed by atoms with Crippen LogP contribution in [0.1, 0.15) is 121 Å². The fourth-order valence-electron chi connectivity index (χ4n) is 7.03. The van der Waals surface area contributed by atoms with Crippen molar-refractivity contribution in [3.05, 3.63) is 52.0 Å². The number of nitrogens with one attached hydrogen (secondary N) is 2. The van der Waals surface area contributed by atoms with Crippen LogP contribution in [0.15, 0.2) is 35.7 Å². The van der Waals surface area contributed by atoms with E-state index in [1.54, 1.807) is 5.38 Å². The predicted octanol–water partition coefficient (Wildman–Crippen LogP) is 5.78. The number of likely N-dealkylation sites (N-methyl/N-ethyl adjacent to an activating group) is 1. The second-order valence-corrected chi connectivity index (χ2v) is 15.9. The lowest BCUT2D eigenvalue weighted by atomic mass is 9.92. The molecule has 7 atom stereocenters. The van der Waals surface area contributed by atoms with Crippen molar-refractivity contribution in [3.8, 4) is 0 Å². The summed E-state index contributed by atoms with van der Waals surface area (Å²) in [5.74, 6) is -1.17. The second-order valence-electron chi connectivity index (χ2n) is 15.0. The van der Waals surface area contributed by atoms with Crippen molar-refractivity contribution in [1.29, 1.82) is 0 Å². The molecule has 12 heteroatoms. The maximum Gasteiger partial charge on any atom is 0.303 e. The van der Waals surface area contributed by atoms with Crippen molar-refractivity contribution < 1.29 is 29.0 Å². The number of carbonyl (C=O) groups excluding carboxylic acids is 4. The van der Waals surface area contributed by atoms with Crippen LogP contribution in [0.4, 0.5) is 0 Å². The van der Waals surface area contributed by atoms with Crippen molar-refractivity contribution in [2.45, 2.75) is 130 Å². The SMILES string of the molecule is CCCN(C(=O)[C@@H](NC(=O)C1CCCCN1C)[C@@H](C)CC)C(CC(OC(C)=O)c1nc(C(=O)NC(Cc2ccccc2)C[C@H](C)CO)cs1)C(C)C. The van der Waals surface area contributed by atoms with E-state index in [-0.39, 0.29) is 72.3 Å². The van der Waals surface area contributed by atoms with Crippen molar-refractivity contribution in [3.63, 3.8) is 0 Å². The van der Waals surface area contributed by atoms with Crippen LogP contribution in [-0.2, 0) is 25.5 Å². The van der Waals surface area contributed by atoms with E-state index in [1.807, 2.05) is 83.8 Å². The first-order chi connectivity index (χ1) is 24.8. The minimum atomic E-state index is -0.786. The summed E-state index contributed by atoms with van der Waals surface area (Å²) in [6.07, 6.45) is 4.94. The Labute approximate surface area is 315 Å². The molecule has 3 amide bonds. The molecule has 2 heterocycles. The van der Waals surface area contributed by atoms with Crippen LogP contribution < -0.4 is 10.6 Å². The molecular formula is C40H63N5O6S. The number of benzene rings is 1. The van der Waals surface area contributed by atoms with Crippen LogP contribution >= 0.6 is 11.3 Å². The van der Waals surface area contributed by atoms with Gasteiger partial charge in [0.2, 0.25) is 11.8 Å². The molecule has 1 aromatic heterocycles. The Morgan fingerprint density at radius 3 is 2.37 bits per heavy atom. The molecule has 0 spiro atoms. The first-order valence-electron chi connectivity index (χ1n) is 19.2. The zero-order valence-electron chi connectivity index (χ0n) is 32.6. The summed E-state index contributed by atoms with van der Waals surface area (Å²) in [4.78, 5) is 62.7. The van der Waals surface area contributed by atoms with Gasteiger partial charge in [-0.05, 0) is 69.0 Å². The number of aliphatic hydroxyl groups is 1. The van der Waals surface area contributed by atoms with E-state index in [1.165, 1.54) is 18.3 Å². The fraction of sp³-hybridized carbons (Fsp3) is 0.675. The van der Waals surface area contributed by atoms with E-state index in [2.05, 4.69) is 20.5 Å². The molecule has 1 aliphatic heterocycles. The molecule has 1 aromatic carbocycles. The molecule has 0 bridgehead atoms. The first-order valence-corrected chi connectivity index (χ1v) is 20.1. The molecule has 3 N–H and O–H groups in total. The van der Waals surface area contributed by atoms with Crippen LogP contribution in [0.5, 0.6) is 0 Å². The number of amides is 3. The van der Waals surface area contributed by atoms with E-state index >= 15 is 0 Å². The Kier molecular flexibility index (Phi) is 17.7. The number of carbonyl (C=O) groups is 4. The van der Waals surface area contributed by atoms with Gasteiger partial charge in [0.15, 0.2) is 6.10 Å². The lowest BCUT2D eigenvalue weighted by Gasteiger charge is -2.40. The van der Waals surface area contributed by atoms with Crippen LogP contribution in [-0.4, -0.2) is 94.5 Å². The molecule has 0 aliphatic carbocycles. The summed E-state index contributed by atoms with van der Waals surface area (Å²) < 4.78 is 5.87. The summed E-state index contributed by atoms with van der Waals surface area (Å²) in [6, 6.07) is 8.38. The van der Waals surface area contributed by atoms with Gasteiger partial charge in [0.1, 0.15) is 16.7 Å². The maximum atomic E-state index is 14.6. The average molecular weight is 742 g/mol. The van der Waals surface area contributed by atoms with Gasteiger partial charge in [-0.2, -0.15) is 0 Å². The van der Waals surface area contributed by atoms with Gasteiger partial charge in [0.25, 0.3) is 5.91 Å². The summed E-state index contributed by atoms with van der Waals surface area (Å²) in [7, 11) is 1.96. The Morgan fingerprint density at radius 2 is 1.77 bits per heavy atom. The lowest BCUT2D eigenvalue weighted by molar-refractivity contribution is -0.149. The average Bonchev–Trinajstić information content (AvgIpc) is 3.62. The molecule has 0 saturated carbocycles. The second kappa shape index (κ2) is 21.4. The molecule has 0 radical (unpaired) electrons. The molecule has 1 aliphatic rings. The highest BCUT2D eigenvalue weighted by molar-refractivity contribution is 7.09. The van der Waals surface area contributed by atoms with Gasteiger partial charge >= 0.3 is 5.97 Å². The number of aromatic nitrogens is 1. The van der Waals surface area contributed by atoms with Crippen molar-refractivity contribution in [2.75, 3.05) is 26.7 Å². The Hall–Kier alpha value is -3.35. The van der Waals surface area contributed by atoms with Crippen LogP contribution in [0.2, 0.25) is 0 Å². The van der Waals surface area contributed by atoms with Crippen molar-refractivity contribution >= 4 is 35.0 Å². The van der Waals surface area contributed by atoms with Gasteiger partial charge in [-0.1, -0.05) is 84.7 Å². The maximum absolute atomic E-state index is 14.6. The number of hydrogen-bond acceptors (Lipinski definition) is 9. The summed E-state index contributed by atoms with van der Waals surface area (Å²) >= 11 is 1.25. The van der Waals surface area contributed by atoms with Gasteiger partial charge in [0.05, 0.1) is 6.04 Å². The van der Waals surface area contributed by atoms with Crippen molar-refractivity contribution in [1.82, 2.24) is 25.4 Å². The molecule has 1 fully saturated rings. The highest BCUT2D eigenvalue weighted by Crippen LogP contribution is 2.32. The van der Waals surface area contributed by atoms with Gasteiger partial charge < -0.3 is 25.4 Å². The highest BCUT2D eigenvalue weighted by atomic mass is 32.1. The monoisotopic (exact) mass is 741 g/mol. The number of rotatable bonds is 20. The Balaban J connectivity index is 1.86. The number of likely N-dealkylation sites (tertiary alicyclic amines) is 1. The largest absolute Gasteiger partial charge is 0.455 e. The number of thiazole rings is 1. The summed E-state index contributed by atoms with van der Waals surface area (Å²) in [5.41, 5.74) is 1.30. The molecule has 52 heavy (non-hydrogen) atoms. The number of aliphatic hydroxyl groups excluding tert-OH is 1. The predicted molar refractivity (Wildman–Crippen MR) is 206 cm³/mol. The van der Waals surface area contributed by atoms with E-state index in [9.17, 15) is 24.3 Å². The minimum absolute atomic E-state index is 0.00284. The number of piperidine rings is 1. The topological polar surface area (TPSA) is 141 Å². The van der Waals surface area contributed by atoms with Crippen molar-refractivity contribution in [2.24, 2.45) is 17.8 Å². The number of nitrogens with zero attached hydrogens (tertiary/aromatic N) is 3. The number of ether oxygens (including phenoxy) is 1. The van der Waals surface area contributed by atoms with Gasteiger partial charge in [0, 0.05) is 44.0 Å². The Bertz CT molecular complexity index is 1420. The zero-order chi connectivity index (χ0) is 38.4. The number of hydrogen-bond donors (Lipinski definition) is 3. The smallest absolute Gasteiger partial charge is 0.303 e. The Morgan fingerprint density at radius 1 is 1.06 bits per heavy atom. The van der Waals surface area contributed by atoms with Crippen LogP contribution in [0.25, 0.3) is 0 Å². The third kappa shape index (κ3) is 12.7. The quantitative estimate of drug-likeness (QED) is 0.145. The zero-order valence-corrected chi connectivity index (χ0v) is 33.4. The van der Waals surface area contributed by atoms with E-state index in [0.717, 1.165) is 31.4 Å². The van der Waals surface area contributed by atoms with Crippen LogP contribution in [0.3, 0.4) is 0 Å². The molecule has 290 valence electrons. The normalized spacial score (nSPS) is 18.5. The lowest BCUT2D eigenvalue weighted by Crippen LogP contribution is -2.58. The molecule has 2 aromatic rings. The van der Waals surface area contributed by atoms with Gasteiger partial charge in [-0.25, -0.2) is 4.98 Å². The summed E-state index contributed by atoms with van der Waals surface area (Å²) in [5, 5.41) is 18.1. The highest BCUT2D eigenvalue weighted by Gasteiger charge is 2.38. The minimum Gasteiger partial charge on any atom is -0.455 e. The third-order valence-electron chi connectivity index (χ3n) is 10.2. The fourth-order valence-corrected chi connectivity index (χ4v) is 7.87. The molecular weight excluding hydrogens is 679 g/mol. The molecule has 1 saturated heterocycles. The molecule has 11 nitrogen and oxygen atoms in total. The van der Waals surface area contributed by atoms with E-state index in [4.69, 9.17) is 4.74 Å². The van der Waals surface area contributed by atoms with Crippen LogP contribution in [0, 0.1) is 17.8 Å². The van der Waals surface area contributed by atoms with E-state index in [0.29, 0.717) is 37.2 Å². The summed E-state index contributed by atoms with van der Waals surface area (Å²) in [6.45, 7) is 14.8. The molecule has 4 unspecified atom stereocenters. The third-order valence-corrected chi connectivity index (χ3v) is 11.2. The number of esters is 1.